The monoisotopic (exact) mass is 340 g/mol. The number of carbonyl (C=O) groups is 1. The zero-order valence-electron chi connectivity index (χ0n) is 15.4. The summed E-state index contributed by atoms with van der Waals surface area (Å²) in [6.45, 7) is 6.41. The van der Waals surface area contributed by atoms with Crippen molar-refractivity contribution in [3.8, 4) is 5.69 Å². The first-order chi connectivity index (χ1) is 12.1. The van der Waals surface area contributed by atoms with Gasteiger partial charge in [0.05, 0.1) is 23.1 Å². The van der Waals surface area contributed by atoms with Gasteiger partial charge < -0.3 is 10.2 Å². The molecule has 1 amide bonds. The minimum atomic E-state index is -0.00883. The molecule has 1 aromatic carbocycles. The highest BCUT2D eigenvalue weighted by molar-refractivity contribution is 5.95. The summed E-state index contributed by atoms with van der Waals surface area (Å²) in [7, 11) is 2.16. The maximum absolute atomic E-state index is 12.8. The SMILES string of the molecule is CCc1c(C(=O)NC(C)C2CCN(C)CC2)cnn1-c1ccccc1. The minimum absolute atomic E-state index is 0.00883. The van der Waals surface area contributed by atoms with E-state index in [1.165, 1.54) is 0 Å². The number of para-hydroxylation sites is 1. The van der Waals surface area contributed by atoms with Crippen molar-refractivity contribution < 1.29 is 4.79 Å². The first-order valence-electron chi connectivity index (χ1n) is 9.22. The van der Waals surface area contributed by atoms with Gasteiger partial charge in [0.15, 0.2) is 0 Å². The molecule has 5 nitrogen and oxygen atoms in total. The van der Waals surface area contributed by atoms with E-state index in [2.05, 4.69) is 36.2 Å². The molecule has 1 aliphatic heterocycles. The zero-order chi connectivity index (χ0) is 17.8. The van der Waals surface area contributed by atoms with E-state index in [1.807, 2.05) is 35.0 Å². The number of likely N-dealkylation sites (tertiary alicyclic amines) is 1. The molecule has 1 N–H and O–H groups in total. The Balaban J connectivity index is 1.73. The van der Waals surface area contributed by atoms with E-state index in [9.17, 15) is 4.79 Å². The van der Waals surface area contributed by atoms with Crippen LogP contribution in [0.2, 0.25) is 0 Å². The lowest BCUT2D eigenvalue weighted by Gasteiger charge is -2.33. The number of carbonyl (C=O) groups excluding carboxylic acids is 1. The second-order valence-corrected chi connectivity index (χ2v) is 7.01. The molecule has 0 spiro atoms. The van der Waals surface area contributed by atoms with Crippen molar-refractivity contribution in [1.82, 2.24) is 20.0 Å². The second-order valence-electron chi connectivity index (χ2n) is 7.01. The Morgan fingerprint density at radius 2 is 1.96 bits per heavy atom. The highest BCUT2D eigenvalue weighted by Gasteiger charge is 2.25. The maximum Gasteiger partial charge on any atom is 0.254 e. The van der Waals surface area contributed by atoms with Crippen molar-refractivity contribution in [2.24, 2.45) is 5.92 Å². The van der Waals surface area contributed by atoms with Crippen LogP contribution in [0.5, 0.6) is 0 Å². The van der Waals surface area contributed by atoms with E-state index in [0.717, 1.165) is 43.7 Å². The molecule has 1 saturated heterocycles. The maximum atomic E-state index is 12.8. The molecule has 2 aromatic rings. The van der Waals surface area contributed by atoms with Crippen LogP contribution in [-0.4, -0.2) is 46.8 Å². The molecule has 3 rings (SSSR count). The molecule has 1 aliphatic rings. The van der Waals surface area contributed by atoms with E-state index in [-0.39, 0.29) is 11.9 Å². The van der Waals surface area contributed by atoms with E-state index in [4.69, 9.17) is 0 Å². The molecule has 25 heavy (non-hydrogen) atoms. The third-order valence-corrected chi connectivity index (χ3v) is 5.28. The van der Waals surface area contributed by atoms with Gasteiger partial charge in [0.25, 0.3) is 5.91 Å². The van der Waals surface area contributed by atoms with Crippen LogP contribution >= 0.6 is 0 Å². The lowest BCUT2D eigenvalue weighted by atomic mass is 9.90. The molecule has 0 aliphatic carbocycles. The molecule has 0 radical (unpaired) electrons. The first kappa shape index (κ1) is 17.7. The van der Waals surface area contributed by atoms with Crippen molar-refractivity contribution in [2.45, 2.75) is 39.2 Å². The van der Waals surface area contributed by atoms with Gasteiger partial charge in [-0.05, 0) is 64.4 Å². The summed E-state index contributed by atoms with van der Waals surface area (Å²) >= 11 is 0. The number of amides is 1. The smallest absolute Gasteiger partial charge is 0.254 e. The van der Waals surface area contributed by atoms with Crippen LogP contribution in [0.4, 0.5) is 0 Å². The summed E-state index contributed by atoms with van der Waals surface area (Å²) in [5.41, 5.74) is 2.63. The van der Waals surface area contributed by atoms with Crippen molar-refractivity contribution in [1.29, 1.82) is 0 Å². The molecule has 0 bridgehead atoms. The molecule has 1 unspecified atom stereocenters. The molecule has 134 valence electrons. The van der Waals surface area contributed by atoms with Gasteiger partial charge in [0.2, 0.25) is 0 Å². The van der Waals surface area contributed by atoms with Crippen molar-refractivity contribution >= 4 is 5.91 Å². The van der Waals surface area contributed by atoms with Crippen LogP contribution in [0.15, 0.2) is 36.5 Å². The van der Waals surface area contributed by atoms with E-state index in [0.29, 0.717) is 11.5 Å². The fraction of sp³-hybridized carbons (Fsp3) is 0.500. The van der Waals surface area contributed by atoms with Gasteiger partial charge in [-0.15, -0.1) is 0 Å². The predicted molar refractivity (Wildman–Crippen MR) is 100 cm³/mol. The number of piperidine rings is 1. The normalized spacial score (nSPS) is 17.4. The van der Waals surface area contributed by atoms with Crippen LogP contribution in [0.3, 0.4) is 0 Å². The molecule has 2 heterocycles. The van der Waals surface area contributed by atoms with E-state index < -0.39 is 0 Å². The molecular weight excluding hydrogens is 312 g/mol. The van der Waals surface area contributed by atoms with Gasteiger partial charge in [-0.25, -0.2) is 4.68 Å². The minimum Gasteiger partial charge on any atom is -0.349 e. The molecule has 1 aromatic heterocycles. The van der Waals surface area contributed by atoms with Crippen LogP contribution in [0, 0.1) is 5.92 Å². The van der Waals surface area contributed by atoms with Crippen LogP contribution < -0.4 is 5.32 Å². The van der Waals surface area contributed by atoms with Crippen molar-refractivity contribution in [3.05, 3.63) is 47.8 Å². The van der Waals surface area contributed by atoms with Gasteiger partial charge in [-0.2, -0.15) is 5.10 Å². The van der Waals surface area contributed by atoms with Crippen molar-refractivity contribution in [3.63, 3.8) is 0 Å². The molecule has 5 heteroatoms. The second kappa shape index (κ2) is 7.83. The average molecular weight is 340 g/mol. The molecule has 1 fully saturated rings. The zero-order valence-corrected chi connectivity index (χ0v) is 15.4. The number of rotatable bonds is 5. The summed E-state index contributed by atoms with van der Waals surface area (Å²) in [4.78, 5) is 15.2. The number of nitrogens with zero attached hydrogens (tertiary/aromatic N) is 3. The summed E-state index contributed by atoms with van der Waals surface area (Å²) in [5.74, 6) is 0.542. The Labute approximate surface area is 150 Å². The van der Waals surface area contributed by atoms with Crippen LogP contribution in [0.1, 0.15) is 42.7 Å². The van der Waals surface area contributed by atoms with Gasteiger partial charge >= 0.3 is 0 Å². The Bertz CT molecular complexity index is 702. The Morgan fingerprint density at radius 1 is 1.28 bits per heavy atom. The fourth-order valence-electron chi connectivity index (χ4n) is 3.63. The lowest BCUT2D eigenvalue weighted by molar-refractivity contribution is 0.0908. The average Bonchev–Trinajstić information content (AvgIpc) is 3.07. The summed E-state index contributed by atoms with van der Waals surface area (Å²) in [6, 6.07) is 10.2. The number of hydrogen-bond donors (Lipinski definition) is 1. The number of hydrogen-bond acceptors (Lipinski definition) is 3. The third kappa shape index (κ3) is 3.93. The summed E-state index contributed by atoms with van der Waals surface area (Å²) < 4.78 is 1.87. The Kier molecular flexibility index (Phi) is 5.53. The summed E-state index contributed by atoms with van der Waals surface area (Å²) in [6.07, 6.45) is 4.74. The largest absolute Gasteiger partial charge is 0.349 e. The standard InChI is InChI=1S/C20H28N4O/c1-4-19-18(14-21-24(19)17-8-6-5-7-9-17)20(25)22-15(2)16-10-12-23(3)13-11-16/h5-9,14-16H,4,10-13H2,1-3H3,(H,22,25). The topological polar surface area (TPSA) is 50.2 Å². The van der Waals surface area contributed by atoms with Gasteiger partial charge in [-0.3, -0.25) is 4.79 Å². The Morgan fingerprint density at radius 3 is 2.60 bits per heavy atom. The first-order valence-corrected chi connectivity index (χ1v) is 9.22. The molecule has 0 saturated carbocycles. The quantitative estimate of drug-likeness (QED) is 0.910. The number of nitrogens with one attached hydrogen (secondary N) is 1. The molecular formula is C20H28N4O. The third-order valence-electron chi connectivity index (χ3n) is 5.28. The number of benzene rings is 1. The number of aromatic nitrogens is 2. The predicted octanol–water partition coefficient (Wildman–Crippen LogP) is 2.89. The Hall–Kier alpha value is -2.14. The van der Waals surface area contributed by atoms with Gasteiger partial charge in [0, 0.05) is 6.04 Å². The fourth-order valence-corrected chi connectivity index (χ4v) is 3.63. The van der Waals surface area contributed by atoms with Gasteiger partial charge in [0.1, 0.15) is 0 Å². The lowest BCUT2D eigenvalue weighted by Crippen LogP contribution is -2.43. The highest BCUT2D eigenvalue weighted by Crippen LogP contribution is 2.21. The van der Waals surface area contributed by atoms with Crippen LogP contribution in [-0.2, 0) is 6.42 Å². The molecule has 1 atom stereocenters. The van der Waals surface area contributed by atoms with Crippen molar-refractivity contribution in [2.75, 3.05) is 20.1 Å². The highest BCUT2D eigenvalue weighted by atomic mass is 16.1. The van der Waals surface area contributed by atoms with E-state index in [1.54, 1.807) is 6.20 Å². The van der Waals surface area contributed by atoms with E-state index >= 15 is 0 Å². The van der Waals surface area contributed by atoms with Crippen LogP contribution in [0.25, 0.3) is 5.69 Å². The summed E-state index contributed by atoms with van der Waals surface area (Å²) in [5, 5.41) is 7.67. The van der Waals surface area contributed by atoms with Gasteiger partial charge in [-0.1, -0.05) is 25.1 Å².